The fraction of sp³-hybridized carbons (Fsp3) is 0.462. The van der Waals surface area contributed by atoms with E-state index in [1.54, 1.807) is 0 Å². The molecule has 1 aromatic heterocycles. The molecule has 0 radical (unpaired) electrons. The van der Waals surface area contributed by atoms with Crippen molar-refractivity contribution in [2.45, 2.75) is 32.2 Å². The van der Waals surface area contributed by atoms with Crippen molar-refractivity contribution < 1.29 is 0 Å². The molecule has 0 aliphatic carbocycles. The molecule has 0 aliphatic heterocycles. The monoisotopic (exact) mass is 282 g/mol. The van der Waals surface area contributed by atoms with Crippen LogP contribution in [0.4, 0.5) is 0 Å². The third-order valence-electron chi connectivity index (χ3n) is 2.46. The van der Waals surface area contributed by atoms with E-state index in [0.717, 1.165) is 36.0 Å². The minimum atomic E-state index is 0.359. The van der Waals surface area contributed by atoms with Crippen LogP contribution >= 0.6 is 15.9 Å². The van der Waals surface area contributed by atoms with Crippen LogP contribution in [0.2, 0.25) is 0 Å². The summed E-state index contributed by atoms with van der Waals surface area (Å²) in [6, 6.07) is 4.48. The number of unbranched alkanes of at least 4 members (excludes halogenated alkanes) is 1. The molecule has 1 aromatic rings. The Kier molecular flexibility index (Phi) is 6.34. The first-order valence-corrected chi connectivity index (χ1v) is 6.53. The minimum absolute atomic E-state index is 0.359. The lowest BCUT2D eigenvalue weighted by molar-refractivity contribution is 0.489. The first-order valence-electron chi connectivity index (χ1n) is 5.73. The summed E-state index contributed by atoms with van der Waals surface area (Å²) >= 11 is 3.40. The second-order valence-electron chi connectivity index (χ2n) is 3.73. The Hall–Kier alpha value is -0.670. The zero-order valence-electron chi connectivity index (χ0n) is 9.75. The van der Waals surface area contributed by atoms with Crippen LogP contribution in [0.3, 0.4) is 0 Å². The maximum atomic E-state index is 4.44. The van der Waals surface area contributed by atoms with E-state index in [0.29, 0.717) is 6.04 Å². The number of nitrogens with one attached hydrogen (secondary N) is 1. The molecule has 1 rings (SSSR count). The molecule has 88 valence electrons. The van der Waals surface area contributed by atoms with E-state index in [2.05, 4.69) is 45.8 Å². The van der Waals surface area contributed by atoms with Crippen LogP contribution < -0.4 is 5.32 Å². The van der Waals surface area contributed by atoms with Crippen LogP contribution in [0.1, 0.15) is 37.9 Å². The Bertz CT molecular complexity index is 308. The quantitative estimate of drug-likeness (QED) is 0.607. The lowest BCUT2D eigenvalue weighted by atomic mass is 10.1. The van der Waals surface area contributed by atoms with E-state index in [4.69, 9.17) is 0 Å². The molecular formula is C13H19BrN2. The van der Waals surface area contributed by atoms with Crippen LogP contribution in [0.5, 0.6) is 0 Å². The van der Waals surface area contributed by atoms with Gasteiger partial charge >= 0.3 is 0 Å². The molecule has 0 amide bonds. The number of rotatable bonds is 7. The van der Waals surface area contributed by atoms with Crippen LogP contribution in [0.25, 0.3) is 0 Å². The average molecular weight is 283 g/mol. The zero-order chi connectivity index (χ0) is 11.8. The molecule has 0 aromatic carbocycles. The van der Waals surface area contributed by atoms with Crippen LogP contribution in [-0.4, -0.2) is 11.5 Å². The van der Waals surface area contributed by atoms with Gasteiger partial charge in [0, 0.05) is 16.7 Å². The Balaban J connectivity index is 2.60. The van der Waals surface area contributed by atoms with Gasteiger partial charge in [-0.15, -0.1) is 6.58 Å². The van der Waals surface area contributed by atoms with Gasteiger partial charge in [0.05, 0.1) is 5.69 Å². The SMILES string of the molecule is C=CCCCC(NCC)c1ccc(Br)cn1. The third-order valence-corrected chi connectivity index (χ3v) is 2.93. The summed E-state index contributed by atoms with van der Waals surface area (Å²) in [6.45, 7) is 6.84. The van der Waals surface area contributed by atoms with Gasteiger partial charge in [0.2, 0.25) is 0 Å². The van der Waals surface area contributed by atoms with E-state index in [1.165, 1.54) is 0 Å². The summed E-state index contributed by atoms with van der Waals surface area (Å²) in [5, 5.41) is 3.47. The van der Waals surface area contributed by atoms with Gasteiger partial charge in [-0.3, -0.25) is 4.98 Å². The fourth-order valence-corrected chi connectivity index (χ4v) is 1.90. The number of aromatic nitrogens is 1. The second-order valence-corrected chi connectivity index (χ2v) is 4.65. The number of hydrogen-bond donors (Lipinski definition) is 1. The average Bonchev–Trinajstić information content (AvgIpc) is 2.29. The number of allylic oxidation sites excluding steroid dienone is 1. The van der Waals surface area contributed by atoms with Crippen molar-refractivity contribution in [3.63, 3.8) is 0 Å². The Morgan fingerprint density at radius 2 is 2.38 bits per heavy atom. The highest BCUT2D eigenvalue weighted by Gasteiger charge is 2.10. The highest BCUT2D eigenvalue weighted by molar-refractivity contribution is 9.10. The molecule has 0 spiro atoms. The molecule has 0 saturated carbocycles. The second kappa shape index (κ2) is 7.58. The fourth-order valence-electron chi connectivity index (χ4n) is 1.66. The molecule has 1 unspecified atom stereocenters. The number of halogens is 1. The van der Waals surface area contributed by atoms with Crippen molar-refractivity contribution >= 4 is 15.9 Å². The molecule has 0 saturated heterocycles. The van der Waals surface area contributed by atoms with Crippen molar-refractivity contribution in [1.29, 1.82) is 0 Å². The highest BCUT2D eigenvalue weighted by Crippen LogP contribution is 2.19. The topological polar surface area (TPSA) is 24.9 Å². The molecule has 0 aliphatic rings. The standard InChI is InChI=1S/C13H19BrN2/c1-3-5-6-7-12(15-4-2)13-9-8-11(14)10-16-13/h3,8-10,12,15H,1,4-7H2,2H3. The summed E-state index contributed by atoms with van der Waals surface area (Å²) < 4.78 is 1.03. The predicted octanol–water partition coefficient (Wildman–Crippen LogP) is 3.85. The van der Waals surface area contributed by atoms with E-state index < -0.39 is 0 Å². The predicted molar refractivity (Wildman–Crippen MR) is 72.4 cm³/mol. The Labute approximate surface area is 106 Å². The summed E-state index contributed by atoms with van der Waals surface area (Å²) in [7, 11) is 0. The third kappa shape index (κ3) is 4.45. The maximum Gasteiger partial charge on any atom is 0.0574 e. The van der Waals surface area contributed by atoms with Gasteiger partial charge < -0.3 is 5.32 Å². The molecular weight excluding hydrogens is 264 g/mol. The molecule has 16 heavy (non-hydrogen) atoms. The van der Waals surface area contributed by atoms with E-state index in [9.17, 15) is 0 Å². The minimum Gasteiger partial charge on any atom is -0.309 e. The van der Waals surface area contributed by atoms with E-state index in [-0.39, 0.29) is 0 Å². The summed E-state index contributed by atoms with van der Waals surface area (Å²) in [5.41, 5.74) is 1.12. The van der Waals surface area contributed by atoms with Crippen molar-refractivity contribution in [1.82, 2.24) is 10.3 Å². The Morgan fingerprint density at radius 3 is 2.94 bits per heavy atom. The first-order chi connectivity index (χ1) is 7.77. The highest BCUT2D eigenvalue weighted by atomic mass is 79.9. The zero-order valence-corrected chi connectivity index (χ0v) is 11.3. The molecule has 2 nitrogen and oxygen atoms in total. The lowest BCUT2D eigenvalue weighted by Crippen LogP contribution is -2.21. The van der Waals surface area contributed by atoms with Gasteiger partial charge in [0.1, 0.15) is 0 Å². The van der Waals surface area contributed by atoms with Crippen molar-refractivity contribution in [3.05, 3.63) is 41.2 Å². The van der Waals surface area contributed by atoms with Gasteiger partial charge in [-0.25, -0.2) is 0 Å². The molecule has 1 N–H and O–H groups in total. The van der Waals surface area contributed by atoms with Gasteiger partial charge in [0.25, 0.3) is 0 Å². The number of pyridine rings is 1. The van der Waals surface area contributed by atoms with Gasteiger partial charge in [-0.2, -0.15) is 0 Å². The Morgan fingerprint density at radius 1 is 1.56 bits per heavy atom. The smallest absolute Gasteiger partial charge is 0.0574 e. The summed E-state index contributed by atoms with van der Waals surface area (Å²) in [5.74, 6) is 0. The van der Waals surface area contributed by atoms with E-state index in [1.807, 2.05) is 18.3 Å². The lowest BCUT2D eigenvalue weighted by Gasteiger charge is -2.16. The first kappa shape index (κ1) is 13.4. The molecule has 0 bridgehead atoms. The molecule has 0 fully saturated rings. The number of nitrogens with zero attached hydrogens (tertiary/aromatic N) is 1. The molecule has 1 atom stereocenters. The van der Waals surface area contributed by atoms with Gasteiger partial charge in [-0.1, -0.05) is 13.0 Å². The van der Waals surface area contributed by atoms with Crippen LogP contribution in [-0.2, 0) is 0 Å². The van der Waals surface area contributed by atoms with Crippen LogP contribution in [0.15, 0.2) is 35.5 Å². The van der Waals surface area contributed by atoms with Crippen molar-refractivity contribution in [2.75, 3.05) is 6.54 Å². The van der Waals surface area contributed by atoms with Gasteiger partial charge in [-0.05, 0) is 53.9 Å². The maximum absolute atomic E-state index is 4.44. The molecule has 3 heteroatoms. The number of hydrogen-bond acceptors (Lipinski definition) is 2. The van der Waals surface area contributed by atoms with Crippen LogP contribution in [0, 0.1) is 0 Å². The van der Waals surface area contributed by atoms with Gasteiger partial charge in [0.15, 0.2) is 0 Å². The normalized spacial score (nSPS) is 12.4. The van der Waals surface area contributed by atoms with Crippen molar-refractivity contribution in [2.24, 2.45) is 0 Å². The van der Waals surface area contributed by atoms with Crippen molar-refractivity contribution in [3.8, 4) is 0 Å². The largest absolute Gasteiger partial charge is 0.309 e. The van der Waals surface area contributed by atoms with E-state index >= 15 is 0 Å². The summed E-state index contributed by atoms with van der Waals surface area (Å²) in [6.07, 6.45) is 7.15. The summed E-state index contributed by atoms with van der Waals surface area (Å²) in [4.78, 5) is 4.44. The molecule has 1 heterocycles.